The largest absolute Gasteiger partial charge is 0.349 e. The summed E-state index contributed by atoms with van der Waals surface area (Å²) in [6.07, 6.45) is 3.42. The van der Waals surface area contributed by atoms with Crippen LogP contribution in [0.4, 0.5) is 0 Å². The summed E-state index contributed by atoms with van der Waals surface area (Å²) in [5, 5.41) is 3.15. The highest BCUT2D eigenvalue weighted by atomic mass is 79.9. The van der Waals surface area contributed by atoms with Gasteiger partial charge in [-0.3, -0.25) is 4.79 Å². The Morgan fingerprint density at radius 3 is 2.44 bits per heavy atom. The van der Waals surface area contributed by atoms with Gasteiger partial charge in [-0.15, -0.1) is 0 Å². The van der Waals surface area contributed by atoms with E-state index in [-0.39, 0.29) is 5.91 Å². The SMILES string of the molecule is CC1CCC(NC(=O)c2ccc(Br)cc2)CC1C. The Hall–Kier alpha value is -0.830. The van der Waals surface area contributed by atoms with E-state index in [1.807, 2.05) is 24.3 Å². The fourth-order valence-corrected chi connectivity index (χ4v) is 2.81. The van der Waals surface area contributed by atoms with Crippen molar-refractivity contribution in [2.75, 3.05) is 0 Å². The van der Waals surface area contributed by atoms with Gasteiger partial charge in [0.15, 0.2) is 0 Å². The minimum absolute atomic E-state index is 0.0502. The summed E-state index contributed by atoms with van der Waals surface area (Å²) in [4.78, 5) is 12.1. The molecule has 1 saturated carbocycles. The molecule has 0 aliphatic heterocycles. The van der Waals surface area contributed by atoms with Gasteiger partial charge in [0.25, 0.3) is 5.91 Å². The number of rotatable bonds is 2. The number of hydrogen-bond donors (Lipinski definition) is 1. The fourth-order valence-electron chi connectivity index (χ4n) is 2.55. The third kappa shape index (κ3) is 3.35. The summed E-state index contributed by atoms with van der Waals surface area (Å²) in [6.45, 7) is 4.58. The van der Waals surface area contributed by atoms with Crippen molar-refractivity contribution in [1.82, 2.24) is 5.32 Å². The Balaban J connectivity index is 1.93. The van der Waals surface area contributed by atoms with Crippen LogP contribution in [0, 0.1) is 11.8 Å². The molecule has 1 aromatic rings. The van der Waals surface area contributed by atoms with Crippen LogP contribution in [0.25, 0.3) is 0 Å². The standard InChI is InChI=1S/C15H20BrNO/c1-10-3-8-14(9-11(10)2)17-15(18)12-4-6-13(16)7-5-12/h4-7,10-11,14H,3,8-9H2,1-2H3,(H,17,18). The Kier molecular flexibility index (Phi) is 4.44. The van der Waals surface area contributed by atoms with Crippen LogP contribution in [0.3, 0.4) is 0 Å². The predicted molar refractivity (Wildman–Crippen MR) is 77.6 cm³/mol. The Morgan fingerprint density at radius 1 is 1.17 bits per heavy atom. The molecular formula is C15H20BrNO. The van der Waals surface area contributed by atoms with Gasteiger partial charge in [-0.1, -0.05) is 29.8 Å². The second-order valence-corrected chi connectivity index (χ2v) is 6.36. The molecule has 1 N–H and O–H groups in total. The van der Waals surface area contributed by atoms with Crippen LogP contribution in [-0.2, 0) is 0 Å². The number of benzene rings is 1. The molecular weight excluding hydrogens is 290 g/mol. The minimum atomic E-state index is 0.0502. The van der Waals surface area contributed by atoms with Gasteiger partial charge in [0, 0.05) is 16.1 Å². The molecule has 3 heteroatoms. The van der Waals surface area contributed by atoms with E-state index in [9.17, 15) is 4.79 Å². The van der Waals surface area contributed by atoms with Gasteiger partial charge >= 0.3 is 0 Å². The highest BCUT2D eigenvalue weighted by Crippen LogP contribution is 2.29. The molecule has 1 fully saturated rings. The average molecular weight is 310 g/mol. The molecule has 18 heavy (non-hydrogen) atoms. The molecule has 2 nitrogen and oxygen atoms in total. The zero-order valence-electron chi connectivity index (χ0n) is 10.9. The van der Waals surface area contributed by atoms with Crippen LogP contribution in [0.2, 0.25) is 0 Å². The number of amides is 1. The van der Waals surface area contributed by atoms with Crippen LogP contribution in [-0.4, -0.2) is 11.9 Å². The van der Waals surface area contributed by atoms with Crippen molar-refractivity contribution in [3.05, 3.63) is 34.3 Å². The lowest BCUT2D eigenvalue weighted by molar-refractivity contribution is 0.0910. The molecule has 0 spiro atoms. The minimum Gasteiger partial charge on any atom is -0.349 e. The zero-order chi connectivity index (χ0) is 13.1. The first-order chi connectivity index (χ1) is 8.56. The Bertz CT molecular complexity index is 415. The first kappa shape index (κ1) is 13.6. The van der Waals surface area contributed by atoms with E-state index in [0.717, 1.165) is 28.8 Å². The van der Waals surface area contributed by atoms with Crippen LogP contribution < -0.4 is 5.32 Å². The van der Waals surface area contributed by atoms with Gasteiger partial charge in [-0.25, -0.2) is 0 Å². The summed E-state index contributed by atoms with van der Waals surface area (Å²) in [5.41, 5.74) is 0.740. The number of halogens is 1. The maximum Gasteiger partial charge on any atom is 0.251 e. The normalized spacial score (nSPS) is 27.8. The van der Waals surface area contributed by atoms with E-state index >= 15 is 0 Å². The van der Waals surface area contributed by atoms with Crippen LogP contribution in [0.15, 0.2) is 28.7 Å². The summed E-state index contributed by atoms with van der Waals surface area (Å²) in [7, 11) is 0. The van der Waals surface area contributed by atoms with Gasteiger partial charge < -0.3 is 5.32 Å². The lowest BCUT2D eigenvalue weighted by atomic mass is 9.79. The van der Waals surface area contributed by atoms with E-state index in [2.05, 4.69) is 35.1 Å². The number of carbonyl (C=O) groups excluding carboxylic acids is 1. The Labute approximate surface area is 117 Å². The molecule has 0 heterocycles. The van der Waals surface area contributed by atoms with Gasteiger partial charge in [0.05, 0.1) is 0 Å². The van der Waals surface area contributed by atoms with E-state index in [1.54, 1.807) is 0 Å². The quantitative estimate of drug-likeness (QED) is 0.879. The first-order valence-electron chi connectivity index (χ1n) is 6.62. The molecule has 2 rings (SSSR count). The summed E-state index contributed by atoms with van der Waals surface area (Å²) < 4.78 is 0.999. The second-order valence-electron chi connectivity index (χ2n) is 5.44. The average Bonchev–Trinajstić information content (AvgIpc) is 2.34. The Morgan fingerprint density at radius 2 is 1.83 bits per heavy atom. The molecule has 0 aromatic heterocycles. The molecule has 0 bridgehead atoms. The summed E-state index contributed by atoms with van der Waals surface area (Å²) >= 11 is 3.38. The van der Waals surface area contributed by atoms with Crippen molar-refractivity contribution >= 4 is 21.8 Å². The van der Waals surface area contributed by atoms with Gasteiger partial charge in [-0.05, 0) is 55.4 Å². The summed E-state index contributed by atoms with van der Waals surface area (Å²) in [6, 6.07) is 7.86. The van der Waals surface area contributed by atoms with E-state index in [4.69, 9.17) is 0 Å². The molecule has 0 radical (unpaired) electrons. The number of nitrogens with one attached hydrogen (secondary N) is 1. The molecule has 0 saturated heterocycles. The zero-order valence-corrected chi connectivity index (χ0v) is 12.5. The van der Waals surface area contributed by atoms with Crippen LogP contribution >= 0.6 is 15.9 Å². The molecule has 1 amide bonds. The molecule has 1 aromatic carbocycles. The maximum atomic E-state index is 12.1. The van der Waals surface area contributed by atoms with Crippen molar-refractivity contribution in [2.24, 2.45) is 11.8 Å². The molecule has 1 aliphatic rings. The first-order valence-corrected chi connectivity index (χ1v) is 7.42. The highest BCUT2D eigenvalue weighted by Gasteiger charge is 2.25. The third-order valence-electron chi connectivity index (χ3n) is 4.04. The van der Waals surface area contributed by atoms with Crippen LogP contribution in [0.5, 0.6) is 0 Å². The van der Waals surface area contributed by atoms with Crippen LogP contribution in [0.1, 0.15) is 43.5 Å². The van der Waals surface area contributed by atoms with Crippen molar-refractivity contribution < 1.29 is 4.79 Å². The van der Waals surface area contributed by atoms with Gasteiger partial charge in [0.1, 0.15) is 0 Å². The second kappa shape index (κ2) is 5.87. The fraction of sp³-hybridized carbons (Fsp3) is 0.533. The molecule has 1 aliphatic carbocycles. The number of carbonyl (C=O) groups is 1. The highest BCUT2D eigenvalue weighted by molar-refractivity contribution is 9.10. The third-order valence-corrected chi connectivity index (χ3v) is 4.57. The monoisotopic (exact) mass is 309 g/mol. The maximum absolute atomic E-state index is 12.1. The van der Waals surface area contributed by atoms with Crippen molar-refractivity contribution in [2.45, 2.75) is 39.2 Å². The molecule has 3 atom stereocenters. The van der Waals surface area contributed by atoms with E-state index in [1.165, 1.54) is 6.42 Å². The molecule has 98 valence electrons. The van der Waals surface area contributed by atoms with Gasteiger partial charge in [-0.2, -0.15) is 0 Å². The van der Waals surface area contributed by atoms with Crippen molar-refractivity contribution in [3.63, 3.8) is 0 Å². The lowest BCUT2D eigenvalue weighted by Gasteiger charge is -2.32. The summed E-state index contributed by atoms with van der Waals surface area (Å²) in [5.74, 6) is 1.54. The topological polar surface area (TPSA) is 29.1 Å². The molecule has 3 unspecified atom stereocenters. The lowest BCUT2D eigenvalue weighted by Crippen LogP contribution is -2.39. The predicted octanol–water partition coefficient (Wildman–Crippen LogP) is 4.00. The van der Waals surface area contributed by atoms with E-state index < -0.39 is 0 Å². The van der Waals surface area contributed by atoms with E-state index in [0.29, 0.717) is 12.0 Å². The number of hydrogen-bond acceptors (Lipinski definition) is 1. The van der Waals surface area contributed by atoms with Crippen molar-refractivity contribution in [1.29, 1.82) is 0 Å². The smallest absolute Gasteiger partial charge is 0.251 e. The van der Waals surface area contributed by atoms with Crippen molar-refractivity contribution in [3.8, 4) is 0 Å². The van der Waals surface area contributed by atoms with Gasteiger partial charge in [0.2, 0.25) is 0 Å².